The predicted molar refractivity (Wildman–Crippen MR) is 93.9 cm³/mol. The summed E-state index contributed by atoms with van der Waals surface area (Å²) in [6.07, 6.45) is 1.90. The van der Waals surface area contributed by atoms with Gasteiger partial charge in [-0.15, -0.1) is 0 Å². The van der Waals surface area contributed by atoms with Crippen LogP contribution >= 0.6 is 11.3 Å². The number of fused-ring (bicyclic) bond motifs is 1. The van der Waals surface area contributed by atoms with Crippen LogP contribution in [0.1, 0.15) is 11.3 Å². The molecule has 0 saturated carbocycles. The first-order valence-electron chi connectivity index (χ1n) is 7.71. The van der Waals surface area contributed by atoms with Crippen molar-refractivity contribution >= 4 is 17.0 Å². The summed E-state index contributed by atoms with van der Waals surface area (Å²) in [6, 6.07) is 9.38. The third-order valence-electron chi connectivity index (χ3n) is 4.02. The maximum atomic E-state index is 13.8. The van der Waals surface area contributed by atoms with E-state index < -0.39 is 11.6 Å². The standard InChI is InChI=1S/C19H14F2N2OS/c1-12-18(13-7-9-25-11-13)23-8-3-6-17(19(23)22-12)24-10-14-15(20)4-2-5-16(14)21/h2-9,11H,10H2,1H3. The van der Waals surface area contributed by atoms with Gasteiger partial charge in [-0.05, 0) is 42.6 Å². The molecule has 0 saturated heterocycles. The van der Waals surface area contributed by atoms with E-state index in [9.17, 15) is 8.78 Å². The minimum Gasteiger partial charge on any atom is -0.485 e. The first-order valence-corrected chi connectivity index (χ1v) is 8.65. The van der Waals surface area contributed by atoms with Crippen molar-refractivity contribution in [1.29, 1.82) is 0 Å². The van der Waals surface area contributed by atoms with Crippen LogP contribution in [-0.2, 0) is 6.61 Å². The van der Waals surface area contributed by atoms with Crippen LogP contribution in [0.25, 0.3) is 16.9 Å². The number of pyridine rings is 1. The molecule has 0 unspecified atom stereocenters. The summed E-state index contributed by atoms with van der Waals surface area (Å²) in [6.45, 7) is 1.73. The Morgan fingerprint density at radius 1 is 1.12 bits per heavy atom. The number of thiophene rings is 1. The van der Waals surface area contributed by atoms with Gasteiger partial charge in [-0.25, -0.2) is 13.8 Å². The SMILES string of the molecule is Cc1nc2c(OCc3c(F)cccc3F)cccn2c1-c1ccsc1. The van der Waals surface area contributed by atoms with Crippen molar-refractivity contribution in [2.75, 3.05) is 0 Å². The lowest BCUT2D eigenvalue weighted by Crippen LogP contribution is -2.03. The van der Waals surface area contributed by atoms with Crippen molar-refractivity contribution in [2.45, 2.75) is 13.5 Å². The van der Waals surface area contributed by atoms with Gasteiger partial charge in [0.05, 0.1) is 17.0 Å². The maximum absolute atomic E-state index is 13.8. The molecule has 0 atom stereocenters. The Balaban J connectivity index is 1.73. The van der Waals surface area contributed by atoms with Gasteiger partial charge in [-0.1, -0.05) is 6.07 Å². The fourth-order valence-corrected chi connectivity index (χ4v) is 3.48. The number of aryl methyl sites for hydroxylation is 1. The van der Waals surface area contributed by atoms with Gasteiger partial charge in [-0.3, -0.25) is 4.40 Å². The number of aromatic nitrogens is 2. The van der Waals surface area contributed by atoms with Gasteiger partial charge in [0, 0.05) is 17.1 Å². The molecule has 0 amide bonds. The van der Waals surface area contributed by atoms with E-state index >= 15 is 0 Å². The Kier molecular flexibility index (Phi) is 3.97. The fourth-order valence-electron chi connectivity index (χ4n) is 2.84. The monoisotopic (exact) mass is 356 g/mol. The van der Waals surface area contributed by atoms with Crippen LogP contribution in [-0.4, -0.2) is 9.38 Å². The highest BCUT2D eigenvalue weighted by Gasteiger charge is 2.15. The molecule has 4 rings (SSSR count). The molecule has 0 N–H and O–H groups in total. The summed E-state index contributed by atoms with van der Waals surface area (Å²) >= 11 is 1.61. The van der Waals surface area contributed by atoms with Crippen LogP contribution in [0.3, 0.4) is 0 Å². The van der Waals surface area contributed by atoms with E-state index in [0.29, 0.717) is 11.4 Å². The minimum absolute atomic E-state index is 0.0918. The molecule has 4 aromatic rings. The van der Waals surface area contributed by atoms with Gasteiger partial charge in [-0.2, -0.15) is 11.3 Å². The Labute approximate surface area is 147 Å². The molecule has 1 aromatic carbocycles. The zero-order chi connectivity index (χ0) is 17.4. The molecular formula is C19H14F2N2OS. The largest absolute Gasteiger partial charge is 0.485 e. The van der Waals surface area contributed by atoms with Gasteiger partial charge >= 0.3 is 0 Å². The number of hydrogen-bond donors (Lipinski definition) is 0. The van der Waals surface area contributed by atoms with Crippen LogP contribution in [0, 0.1) is 18.6 Å². The summed E-state index contributed by atoms with van der Waals surface area (Å²) in [5, 5.41) is 4.06. The van der Waals surface area contributed by atoms with Gasteiger partial charge in [0.15, 0.2) is 11.4 Å². The Morgan fingerprint density at radius 3 is 2.64 bits per heavy atom. The first-order chi connectivity index (χ1) is 12.1. The second kappa shape index (κ2) is 6.29. The van der Waals surface area contributed by atoms with Gasteiger partial charge in [0.2, 0.25) is 0 Å². The second-order valence-electron chi connectivity index (χ2n) is 5.61. The molecule has 6 heteroatoms. The summed E-state index contributed by atoms with van der Waals surface area (Å²) in [5.74, 6) is -0.759. The lowest BCUT2D eigenvalue weighted by molar-refractivity contribution is 0.294. The molecule has 0 aliphatic heterocycles. The summed E-state index contributed by atoms with van der Waals surface area (Å²) in [5.41, 5.74) is 3.46. The molecule has 0 aliphatic carbocycles. The molecule has 0 radical (unpaired) electrons. The third-order valence-corrected chi connectivity index (χ3v) is 4.70. The highest BCUT2D eigenvalue weighted by atomic mass is 32.1. The van der Waals surface area contributed by atoms with Gasteiger partial charge in [0.1, 0.15) is 18.2 Å². The number of nitrogens with zero attached hydrogens (tertiary/aromatic N) is 2. The van der Waals surface area contributed by atoms with Gasteiger partial charge < -0.3 is 4.74 Å². The van der Waals surface area contributed by atoms with E-state index in [1.807, 2.05) is 35.0 Å². The lowest BCUT2D eigenvalue weighted by Gasteiger charge is -2.09. The summed E-state index contributed by atoms with van der Waals surface area (Å²) in [7, 11) is 0. The molecular weight excluding hydrogens is 342 g/mol. The van der Waals surface area contributed by atoms with E-state index in [4.69, 9.17) is 4.74 Å². The first kappa shape index (κ1) is 15.8. The number of imidazole rings is 1. The van der Waals surface area contributed by atoms with E-state index in [2.05, 4.69) is 10.4 Å². The zero-order valence-corrected chi connectivity index (χ0v) is 14.2. The molecule has 25 heavy (non-hydrogen) atoms. The van der Waals surface area contributed by atoms with Crippen molar-refractivity contribution < 1.29 is 13.5 Å². The van der Waals surface area contributed by atoms with Crippen LogP contribution in [0.2, 0.25) is 0 Å². The minimum atomic E-state index is -0.620. The Hall–Kier alpha value is -2.73. The van der Waals surface area contributed by atoms with E-state index in [0.717, 1.165) is 17.0 Å². The molecule has 0 fully saturated rings. The zero-order valence-electron chi connectivity index (χ0n) is 13.4. The van der Waals surface area contributed by atoms with Crippen LogP contribution in [0.4, 0.5) is 8.78 Å². The van der Waals surface area contributed by atoms with Crippen molar-refractivity contribution in [3.8, 4) is 17.0 Å². The maximum Gasteiger partial charge on any atom is 0.180 e. The summed E-state index contributed by atoms with van der Waals surface area (Å²) in [4.78, 5) is 4.58. The Morgan fingerprint density at radius 2 is 1.92 bits per heavy atom. The smallest absolute Gasteiger partial charge is 0.180 e. The molecule has 0 aliphatic rings. The summed E-state index contributed by atoms with van der Waals surface area (Å²) < 4.78 is 35.2. The second-order valence-corrected chi connectivity index (χ2v) is 6.39. The number of hydrogen-bond acceptors (Lipinski definition) is 3. The molecule has 3 nitrogen and oxygen atoms in total. The number of rotatable bonds is 4. The molecule has 3 heterocycles. The van der Waals surface area contributed by atoms with Crippen molar-refractivity contribution in [3.63, 3.8) is 0 Å². The molecule has 0 spiro atoms. The average Bonchev–Trinajstić information content (AvgIpc) is 3.21. The normalized spacial score (nSPS) is 11.2. The van der Waals surface area contributed by atoms with Crippen LogP contribution < -0.4 is 4.74 Å². The van der Waals surface area contributed by atoms with E-state index in [1.165, 1.54) is 18.2 Å². The van der Waals surface area contributed by atoms with E-state index in [-0.39, 0.29) is 12.2 Å². The average molecular weight is 356 g/mol. The number of benzene rings is 1. The Bertz CT molecular complexity index is 1020. The third kappa shape index (κ3) is 2.78. The highest BCUT2D eigenvalue weighted by Crippen LogP contribution is 2.30. The molecule has 0 bridgehead atoms. The van der Waals surface area contributed by atoms with Crippen molar-refractivity contribution in [3.05, 3.63) is 76.2 Å². The fraction of sp³-hybridized carbons (Fsp3) is 0.105. The number of halogens is 2. The molecule has 126 valence electrons. The topological polar surface area (TPSA) is 26.5 Å². The van der Waals surface area contributed by atoms with Crippen LogP contribution in [0.15, 0.2) is 53.4 Å². The lowest BCUT2D eigenvalue weighted by atomic mass is 10.2. The predicted octanol–water partition coefficient (Wildman–Crippen LogP) is 5.23. The van der Waals surface area contributed by atoms with Gasteiger partial charge in [0.25, 0.3) is 0 Å². The van der Waals surface area contributed by atoms with E-state index in [1.54, 1.807) is 17.4 Å². The number of ether oxygens (including phenoxy) is 1. The molecule has 3 aromatic heterocycles. The van der Waals surface area contributed by atoms with Crippen LogP contribution in [0.5, 0.6) is 5.75 Å². The van der Waals surface area contributed by atoms with Crippen molar-refractivity contribution in [2.24, 2.45) is 0 Å². The highest BCUT2D eigenvalue weighted by molar-refractivity contribution is 7.08. The van der Waals surface area contributed by atoms with Crippen molar-refractivity contribution in [1.82, 2.24) is 9.38 Å². The quantitative estimate of drug-likeness (QED) is 0.501.